The number of hydrogen-bond donors (Lipinski definition) is 0. The molecule has 2 rings (SSSR count). The van der Waals surface area contributed by atoms with E-state index in [1.807, 2.05) is 30.3 Å². The summed E-state index contributed by atoms with van der Waals surface area (Å²) in [7, 11) is 1.19. The lowest BCUT2D eigenvalue weighted by Crippen LogP contribution is -2.41. The second-order valence-corrected chi connectivity index (χ2v) is 6.49. The number of hydrogen-bond acceptors (Lipinski definition) is 5. The van der Waals surface area contributed by atoms with Crippen molar-refractivity contribution in [3.8, 4) is 0 Å². The Hall–Kier alpha value is -2.63. The maximum absolute atomic E-state index is 12.6. The van der Waals surface area contributed by atoms with E-state index in [4.69, 9.17) is 4.74 Å². The third-order valence-corrected chi connectivity index (χ3v) is 3.45. The average Bonchev–Trinajstić information content (AvgIpc) is 2.83. The van der Waals surface area contributed by atoms with Gasteiger partial charge in [0.25, 0.3) is 0 Å². The molecule has 1 heterocycles. The monoisotopic (exact) mass is 331 g/mol. The zero-order valence-electron chi connectivity index (χ0n) is 14.2. The van der Waals surface area contributed by atoms with Gasteiger partial charge >= 0.3 is 12.1 Å². The first kappa shape index (κ1) is 17.7. The Balaban J connectivity index is 2.30. The molecule has 1 aliphatic rings. The van der Waals surface area contributed by atoms with Gasteiger partial charge in [-0.15, -0.1) is 0 Å². The van der Waals surface area contributed by atoms with Gasteiger partial charge in [0.2, 0.25) is 0 Å². The standard InChI is InChI=1S/C18H21NO5/c1-18(2,3)24-17(22)19-11-13(16(21)23-4)15(20)14(19)10-12-8-6-5-7-9-12/h5-9,11,14H,10H2,1-4H3. The predicted molar refractivity (Wildman–Crippen MR) is 87.1 cm³/mol. The number of ether oxygens (including phenoxy) is 2. The Morgan fingerprint density at radius 1 is 1.17 bits per heavy atom. The lowest BCUT2D eigenvalue weighted by molar-refractivity contribution is -0.137. The summed E-state index contributed by atoms with van der Waals surface area (Å²) in [6.45, 7) is 5.21. The molecule has 0 saturated carbocycles. The van der Waals surface area contributed by atoms with E-state index >= 15 is 0 Å². The van der Waals surface area contributed by atoms with Crippen LogP contribution in [0.3, 0.4) is 0 Å². The zero-order chi connectivity index (χ0) is 17.9. The lowest BCUT2D eigenvalue weighted by atomic mass is 10.0. The first-order chi connectivity index (χ1) is 11.2. The van der Waals surface area contributed by atoms with Crippen LogP contribution in [0.25, 0.3) is 0 Å². The van der Waals surface area contributed by atoms with Crippen LogP contribution in [0.1, 0.15) is 26.3 Å². The topological polar surface area (TPSA) is 72.9 Å². The Labute approximate surface area is 141 Å². The third kappa shape index (κ3) is 4.01. The van der Waals surface area contributed by atoms with Crippen molar-refractivity contribution in [2.45, 2.75) is 38.8 Å². The molecule has 6 nitrogen and oxygen atoms in total. The Morgan fingerprint density at radius 2 is 1.79 bits per heavy atom. The smallest absolute Gasteiger partial charge is 0.415 e. The number of benzene rings is 1. The van der Waals surface area contributed by atoms with Gasteiger partial charge < -0.3 is 9.47 Å². The van der Waals surface area contributed by atoms with Crippen LogP contribution in [0, 0.1) is 0 Å². The van der Waals surface area contributed by atoms with E-state index in [2.05, 4.69) is 4.74 Å². The van der Waals surface area contributed by atoms with Gasteiger partial charge in [0, 0.05) is 12.6 Å². The number of amides is 1. The summed E-state index contributed by atoms with van der Waals surface area (Å²) in [5.74, 6) is -1.21. The van der Waals surface area contributed by atoms with Gasteiger partial charge in [0.05, 0.1) is 7.11 Å². The molecule has 24 heavy (non-hydrogen) atoms. The molecule has 1 aromatic rings. The fraction of sp³-hybridized carbons (Fsp3) is 0.389. The average molecular weight is 331 g/mol. The zero-order valence-corrected chi connectivity index (χ0v) is 14.2. The molecule has 6 heteroatoms. The molecule has 0 spiro atoms. The molecule has 0 fully saturated rings. The van der Waals surface area contributed by atoms with Gasteiger partial charge in [-0.3, -0.25) is 9.69 Å². The van der Waals surface area contributed by atoms with Crippen LogP contribution in [-0.2, 0) is 25.5 Å². The number of rotatable bonds is 3. The van der Waals surface area contributed by atoms with Gasteiger partial charge in [-0.25, -0.2) is 9.59 Å². The van der Waals surface area contributed by atoms with Crippen LogP contribution in [0.2, 0.25) is 0 Å². The van der Waals surface area contributed by atoms with E-state index in [1.54, 1.807) is 20.8 Å². The summed E-state index contributed by atoms with van der Waals surface area (Å²) >= 11 is 0. The molecule has 0 bridgehead atoms. The molecule has 0 aromatic heterocycles. The molecule has 1 unspecified atom stereocenters. The van der Waals surface area contributed by atoms with Crippen LogP contribution in [-0.4, -0.2) is 41.5 Å². The number of methoxy groups -OCH3 is 1. The largest absolute Gasteiger partial charge is 0.465 e. The lowest BCUT2D eigenvalue weighted by Gasteiger charge is -2.27. The van der Waals surface area contributed by atoms with Crippen LogP contribution >= 0.6 is 0 Å². The van der Waals surface area contributed by atoms with Crippen molar-refractivity contribution < 1.29 is 23.9 Å². The fourth-order valence-electron chi connectivity index (χ4n) is 2.38. The van der Waals surface area contributed by atoms with Crippen molar-refractivity contribution in [2.75, 3.05) is 7.11 Å². The van der Waals surface area contributed by atoms with E-state index in [0.717, 1.165) is 5.56 Å². The summed E-state index contributed by atoms with van der Waals surface area (Å²) in [5.41, 5.74) is 0.0208. The minimum atomic E-state index is -0.823. The fourth-order valence-corrected chi connectivity index (χ4v) is 2.38. The number of nitrogens with zero attached hydrogens (tertiary/aromatic N) is 1. The number of carbonyl (C=O) groups excluding carboxylic acids is 3. The molecule has 128 valence electrons. The van der Waals surface area contributed by atoms with Crippen molar-refractivity contribution >= 4 is 17.8 Å². The molecule has 0 N–H and O–H groups in total. The van der Waals surface area contributed by atoms with Gasteiger partial charge in [-0.2, -0.15) is 0 Å². The number of carbonyl (C=O) groups is 3. The van der Waals surface area contributed by atoms with Crippen molar-refractivity contribution in [1.82, 2.24) is 4.90 Å². The highest BCUT2D eigenvalue weighted by molar-refractivity contribution is 6.21. The van der Waals surface area contributed by atoms with E-state index in [0.29, 0.717) is 0 Å². The first-order valence-corrected chi connectivity index (χ1v) is 7.62. The van der Waals surface area contributed by atoms with E-state index in [-0.39, 0.29) is 12.0 Å². The van der Waals surface area contributed by atoms with Crippen LogP contribution in [0.15, 0.2) is 42.1 Å². The van der Waals surface area contributed by atoms with Gasteiger partial charge in [0.1, 0.15) is 17.2 Å². The summed E-state index contributed by atoms with van der Waals surface area (Å²) in [5, 5.41) is 0. The Bertz CT molecular complexity index is 672. The van der Waals surface area contributed by atoms with Crippen molar-refractivity contribution in [3.05, 3.63) is 47.7 Å². The molecule has 1 atom stereocenters. The molecular weight excluding hydrogens is 310 g/mol. The minimum absolute atomic E-state index is 0.149. The normalized spacial score (nSPS) is 17.5. The molecule has 0 saturated heterocycles. The Morgan fingerprint density at radius 3 is 2.33 bits per heavy atom. The van der Waals surface area contributed by atoms with Gasteiger partial charge in [-0.05, 0) is 26.3 Å². The molecule has 1 aliphatic heterocycles. The highest BCUT2D eigenvalue weighted by Crippen LogP contribution is 2.25. The molecule has 1 amide bonds. The summed E-state index contributed by atoms with van der Waals surface area (Å²) in [6.07, 6.45) is 0.835. The second-order valence-electron chi connectivity index (χ2n) is 6.49. The number of ketones is 1. The Kier molecular flexibility index (Phi) is 5.07. The highest BCUT2D eigenvalue weighted by Gasteiger charge is 2.41. The van der Waals surface area contributed by atoms with Crippen molar-refractivity contribution in [1.29, 1.82) is 0 Å². The quantitative estimate of drug-likeness (QED) is 0.628. The van der Waals surface area contributed by atoms with E-state index in [1.165, 1.54) is 18.2 Å². The van der Waals surface area contributed by atoms with Gasteiger partial charge in [0.15, 0.2) is 5.78 Å². The molecule has 0 aliphatic carbocycles. The number of esters is 1. The van der Waals surface area contributed by atoms with E-state index < -0.39 is 29.5 Å². The maximum Gasteiger partial charge on any atom is 0.415 e. The third-order valence-electron chi connectivity index (χ3n) is 3.45. The van der Waals surface area contributed by atoms with Crippen LogP contribution in [0.4, 0.5) is 4.79 Å². The summed E-state index contributed by atoms with van der Waals surface area (Å²) in [6, 6.07) is 8.45. The SMILES string of the molecule is COC(=O)C1=CN(C(=O)OC(C)(C)C)C(Cc2ccccc2)C1=O. The molecular formula is C18H21NO5. The van der Waals surface area contributed by atoms with Crippen molar-refractivity contribution in [3.63, 3.8) is 0 Å². The second kappa shape index (κ2) is 6.86. The van der Waals surface area contributed by atoms with Crippen LogP contribution < -0.4 is 0 Å². The highest BCUT2D eigenvalue weighted by atomic mass is 16.6. The van der Waals surface area contributed by atoms with E-state index in [9.17, 15) is 14.4 Å². The molecule has 1 aromatic carbocycles. The summed E-state index contributed by atoms with van der Waals surface area (Å²) in [4.78, 5) is 37.9. The maximum atomic E-state index is 12.6. The number of Topliss-reactive ketones (excluding diaryl/α,β-unsaturated/α-hetero) is 1. The van der Waals surface area contributed by atoms with Crippen LogP contribution in [0.5, 0.6) is 0 Å². The predicted octanol–water partition coefficient (Wildman–Crippen LogP) is 2.47. The molecule has 0 radical (unpaired) electrons. The first-order valence-electron chi connectivity index (χ1n) is 7.62. The van der Waals surface area contributed by atoms with Crippen molar-refractivity contribution in [2.24, 2.45) is 0 Å². The van der Waals surface area contributed by atoms with Gasteiger partial charge in [-0.1, -0.05) is 30.3 Å². The summed E-state index contributed by atoms with van der Waals surface area (Å²) < 4.78 is 9.96. The minimum Gasteiger partial charge on any atom is -0.465 e.